The van der Waals surface area contributed by atoms with E-state index in [9.17, 15) is 0 Å². The molecule has 1 aliphatic carbocycles. The van der Waals surface area contributed by atoms with Crippen LogP contribution in [0, 0.1) is 6.92 Å². The molecule has 1 N–H and O–H groups in total. The highest BCUT2D eigenvalue weighted by Gasteiger charge is 2.33. The van der Waals surface area contributed by atoms with Crippen molar-refractivity contribution in [3.63, 3.8) is 0 Å². The summed E-state index contributed by atoms with van der Waals surface area (Å²) >= 11 is 0. The number of hydrogen-bond donors (Lipinski definition) is 1. The monoisotopic (exact) mass is 449 g/mol. The summed E-state index contributed by atoms with van der Waals surface area (Å²) in [4.78, 5) is 12.0. The first-order valence-electron chi connectivity index (χ1n) is 12.4. The van der Waals surface area contributed by atoms with E-state index in [1.807, 2.05) is 14.0 Å². The Morgan fingerprint density at radius 2 is 1.97 bits per heavy atom. The van der Waals surface area contributed by atoms with Gasteiger partial charge in [0.05, 0.1) is 17.2 Å². The van der Waals surface area contributed by atoms with Crippen molar-refractivity contribution in [1.29, 1.82) is 0 Å². The number of anilines is 1. The van der Waals surface area contributed by atoms with Crippen molar-refractivity contribution in [2.75, 3.05) is 25.1 Å². The van der Waals surface area contributed by atoms with Crippen molar-refractivity contribution in [2.45, 2.75) is 77.0 Å². The predicted molar refractivity (Wildman–Crippen MR) is 131 cm³/mol. The van der Waals surface area contributed by atoms with E-state index in [0.29, 0.717) is 23.8 Å². The molecule has 2 fully saturated rings. The number of fused-ring (bicyclic) bond motifs is 1. The number of aryl methyl sites for hydroxylation is 2. The summed E-state index contributed by atoms with van der Waals surface area (Å²) < 4.78 is 11.6. The zero-order valence-corrected chi connectivity index (χ0v) is 20.0. The standard InChI is InChI=1S/C26H35N5O2/c1-4-24-29-26(33-30-24)20-15-18-14-17(2)10-11-21(18)28-25(20)31-13-12-22(23(16-31)32-3)27-19-8-6-5-7-9-19/h10-11,14-15,19,22-23,27H,4-9,12-13,16H2,1-3H3/t22-,23+/m1/s1. The average molecular weight is 450 g/mol. The fourth-order valence-electron chi connectivity index (χ4n) is 5.30. The highest BCUT2D eigenvalue weighted by molar-refractivity contribution is 5.88. The third-order valence-electron chi connectivity index (χ3n) is 7.18. The van der Waals surface area contributed by atoms with Gasteiger partial charge in [0, 0.05) is 44.1 Å². The van der Waals surface area contributed by atoms with Gasteiger partial charge in [0.1, 0.15) is 5.82 Å². The molecule has 0 unspecified atom stereocenters. The van der Waals surface area contributed by atoms with Crippen LogP contribution in [0.3, 0.4) is 0 Å². The highest BCUT2D eigenvalue weighted by Crippen LogP contribution is 2.34. The van der Waals surface area contributed by atoms with E-state index in [4.69, 9.17) is 14.2 Å². The molecule has 3 aromatic rings. The molecule has 5 rings (SSSR count). The Balaban J connectivity index is 1.45. The molecule has 2 atom stereocenters. The molecule has 0 spiro atoms. The summed E-state index contributed by atoms with van der Waals surface area (Å²) in [6.45, 7) is 5.83. The first-order chi connectivity index (χ1) is 16.1. The Labute approximate surface area is 195 Å². The van der Waals surface area contributed by atoms with Gasteiger partial charge in [0.15, 0.2) is 5.82 Å². The Hall–Kier alpha value is -2.51. The van der Waals surface area contributed by atoms with Crippen LogP contribution in [0.15, 0.2) is 28.8 Å². The second kappa shape index (κ2) is 9.77. The molecular weight excluding hydrogens is 414 g/mol. The van der Waals surface area contributed by atoms with Crippen molar-refractivity contribution in [3.05, 3.63) is 35.7 Å². The number of ether oxygens (including phenoxy) is 1. The molecule has 0 radical (unpaired) electrons. The average Bonchev–Trinajstić information content (AvgIpc) is 3.33. The smallest absolute Gasteiger partial charge is 0.261 e. The maximum Gasteiger partial charge on any atom is 0.261 e. The lowest BCUT2D eigenvalue weighted by molar-refractivity contribution is 0.0534. The van der Waals surface area contributed by atoms with Crippen LogP contribution < -0.4 is 10.2 Å². The van der Waals surface area contributed by atoms with Crippen LogP contribution in [0.25, 0.3) is 22.4 Å². The number of hydrogen-bond acceptors (Lipinski definition) is 7. The van der Waals surface area contributed by atoms with Gasteiger partial charge in [-0.2, -0.15) is 4.98 Å². The number of nitrogens with zero attached hydrogens (tertiary/aromatic N) is 4. The van der Waals surface area contributed by atoms with Crippen molar-refractivity contribution in [1.82, 2.24) is 20.4 Å². The molecule has 1 aromatic carbocycles. The van der Waals surface area contributed by atoms with Crippen LogP contribution in [-0.2, 0) is 11.2 Å². The van der Waals surface area contributed by atoms with E-state index in [1.165, 1.54) is 37.7 Å². The van der Waals surface area contributed by atoms with Crippen LogP contribution in [-0.4, -0.2) is 53.5 Å². The molecule has 176 valence electrons. The number of methoxy groups -OCH3 is 1. The van der Waals surface area contributed by atoms with Gasteiger partial charge in [-0.3, -0.25) is 0 Å². The molecule has 33 heavy (non-hydrogen) atoms. The minimum absolute atomic E-state index is 0.109. The lowest BCUT2D eigenvalue weighted by atomic mass is 9.92. The van der Waals surface area contributed by atoms with Crippen molar-refractivity contribution < 1.29 is 9.26 Å². The first kappa shape index (κ1) is 22.3. The topological polar surface area (TPSA) is 76.3 Å². The van der Waals surface area contributed by atoms with Crippen molar-refractivity contribution in [2.24, 2.45) is 0 Å². The second-order valence-electron chi connectivity index (χ2n) is 9.54. The normalized spacial score (nSPS) is 22.2. The number of rotatable bonds is 6. The minimum atomic E-state index is 0.109. The Morgan fingerprint density at radius 3 is 2.73 bits per heavy atom. The third-order valence-corrected chi connectivity index (χ3v) is 7.18. The van der Waals surface area contributed by atoms with Gasteiger partial charge >= 0.3 is 0 Å². The zero-order valence-electron chi connectivity index (χ0n) is 20.0. The van der Waals surface area contributed by atoms with Gasteiger partial charge in [-0.25, -0.2) is 4.98 Å². The summed E-state index contributed by atoms with van der Waals surface area (Å²) in [7, 11) is 1.83. The van der Waals surface area contributed by atoms with Crippen LogP contribution in [0.5, 0.6) is 0 Å². The molecule has 3 heterocycles. The largest absolute Gasteiger partial charge is 0.378 e. The zero-order chi connectivity index (χ0) is 22.8. The molecule has 0 bridgehead atoms. The van der Waals surface area contributed by atoms with Gasteiger partial charge in [-0.05, 0) is 44.4 Å². The van der Waals surface area contributed by atoms with Gasteiger partial charge in [0.2, 0.25) is 0 Å². The van der Waals surface area contributed by atoms with E-state index in [2.05, 4.69) is 51.5 Å². The molecule has 0 amide bonds. The summed E-state index contributed by atoms with van der Waals surface area (Å²) in [5, 5.41) is 9.13. The van der Waals surface area contributed by atoms with E-state index in [1.54, 1.807) is 0 Å². The predicted octanol–water partition coefficient (Wildman–Crippen LogP) is 4.67. The van der Waals surface area contributed by atoms with Crippen LogP contribution in [0.1, 0.15) is 56.8 Å². The summed E-state index contributed by atoms with van der Waals surface area (Å²) in [5.74, 6) is 2.15. The maximum atomic E-state index is 5.98. The second-order valence-corrected chi connectivity index (χ2v) is 9.54. The van der Waals surface area contributed by atoms with E-state index >= 15 is 0 Å². The maximum absolute atomic E-state index is 5.98. The first-order valence-corrected chi connectivity index (χ1v) is 12.4. The molecule has 2 aliphatic rings. The minimum Gasteiger partial charge on any atom is -0.378 e. The van der Waals surface area contributed by atoms with Gasteiger partial charge in [-0.15, -0.1) is 0 Å². The number of nitrogens with one attached hydrogen (secondary N) is 1. The molecule has 1 aliphatic heterocycles. The number of pyridine rings is 1. The van der Waals surface area contributed by atoms with E-state index in [0.717, 1.165) is 48.2 Å². The molecule has 2 aromatic heterocycles. The SMILES string of the molecule is CCc1noc(-c2cc3cc(C)ccc3nc2N2CC[C@@H](NC3CCCCC3)[C@@H](OC)C2)n1. The number of benzene rings is 1. The molecule has 1 saturated carbocycles. The van der Waals surface area contributed by atoms with Crippen LogP contribution >= 0.6 is 0 Å². The van der Waals surface area contributed by atoms with Crippen molar-refractivity contribution >= 4 is 16.7 Å². The fraction of sp³-hybridized carbons (Fsp3) is 0.577. The summed E-state index contributed by atoms with van der Waals surface area (Å²) in [6, 6.07) is 9.50. The molecule has 1 saturated heterocycles. The van der Waals surface area contributed by atoms with Gasteiger partial charge < -0.3 is 19.5 Å². The van der Waals surface area contributed by atoms with E-state index in [-0.39, 0.29) is 6.10 Å². The molecular formula is C26H35N5O2. The number of aromatic nitrogens is 3. The lowest BCUT2D eigenvalue weighted by Gasteiger charge is -2.41. The summed E-state index contributed by atoms with van der Waals surface area (Å²) in [5.41, 5.74) is 3.08. The quantitative estimate of drug-likeness (QED) is 0.586. The Morgan fingerprint density at radius 1 is 1.12 bits per heavy atom. The Bertz CT molecular complexity index is 1090. The van der Waals surface area contributed by atoms with Gasteiger partial charge in [-0.1, -0.05) is 43.0 Å². The number of piperidine rings is 1. The third kappa shape index (κ3) is 4.75. The van der Waals surface area contributed by atoms with Crippen molar-refractivity contribution in [3.8, 4) is 11.5 Å². The van der Waals surface area contributed by atoms with Crippen LogP contribution in [0.2, 0.25) is 0 Å². The fourth-order valence-corrected chi connectivity index (χ4v) is 5.30. The highest BCUT2D eigenvalue weighted by atomic mass is 16.5. The van der Waals surface area contributed by atoms with E-state index < -0.39 is 0 Å². The summed E-state index contributed by atoms with van der Waals surface area (Å²) in [6.07, 6.45) is 8.47. The Kier molecular flexibility index (Phi) is 6.60. The molecule has 7 heteroatoms. The van der Waals surface area contributed by atoms with Gasteiger partial charge in [0.25, 0.3) is 5.89 Å². The molecule has 7 nitrogen and oxygen atoms in total. The van der Waals surface area contributed by atoms with Crippen LogP contribution in [0.4, 0.5) is 5.82 Å². The lowest BCUT2D eigenvalue weighted by Crippen LogP contribution is -2.56.